The Hall–Kier alpha value is -5.33. The Morgan fingerprint density at radius 2 is 1.64 bits per heavy atom. The van der Waals surface area contributed by atoms with Crippen molar-refractivity contribution in [1.82, 2.24) is 40.6 Å². The fourth-order valence-electron chi connectivity index (χ4n) is 8.44. The number of nitrogens with one attached hydrogen (secondary N) is 3. The van der Waals surface area contributed by atoms with Crippen LogP contribution in [0.2, 0.25) is 5.02 Å². The normalized spacial score (nSPS) is 17.3. The highest BCUT2D eigenvalue weighted by molar-refractivity contribution is 7.15. The SMILES string of the molecule is Cc1ncsc1-c1ccc(CNC(=O)[C@@H]2CC(O)CN2C(=O)[C@@H](NC(=O)COCCCCCCNC(=O)CC2N=C(c3ccc(Cl)cc3)c3c(sc(C)c3C)-n3c(C)nnc32)C(C)(C)C)cc1. The lowest BCUT2D eigenvalue weighted by molar-refractivity contribution is -0.144. The molecule has 0 radical (unpaired) electrons. The number of aliphatic hydroxyl groups is 1. The number of benzene rings is 2. The van der Waals surface area contributed by atoms with Crippen LogP contribution in [0.3, 0.4) is 0 Å². The van der Waals surface area contributed by atoms with E-state index in [9.17, 15) is 24.3 Å². The van der Waals surface area contributed by atoms with Crippen LogP contribution in [-0.2, 0) is 30.5 Å². The number of amides is 4. The summed E-state index contributed by atoms with van der Waals surface area (Å²) < 4.78 is 7.73. The highest BCUT2D eigenvalue weighted by Crippen LogP contribution is 2.40. The molecular formula is C49H60ClN9O6S2. The minimum absolute atomic E-state index is 0.0107. The molecule has 5 heterocycles. The number of β-amino-alcohol motifs (C(OH)–C–C–N with tert-alkyl or cyclic N) is 1. The number of aromatic nitrogens is 4. The molecule has 1 fully saturated rings. The van der Waals surface area contributed by atoms with Crippen molar-refractivity contribution in [3.63, 3.8) is 0 Å². The van der Waals surface area contributed by atoms with Crippen molar-refractivity contribution in [2.75, 3.05) is 26.3 Å². The molecule has 5 aromatic rings. The average molecular weight is 971 g/mol. The van der Waals surface area contributed by atoms with E-state index in [1.165, 1.54) is 9.78 Å². The Kier molecular flexibility index (Phi) is 16.1. The zero-order valence-electron chi connectivity index (χ0n) is 39.1. The number of aliphatic hydroxyl groups excluding tert-OH is 1. The minimum Gasteiger partial charge on any atom is -0.391 e. The molecule has 18 heteroatoms. The molecule has 3 aromatic heterocycles. The number of halogens is 1. The number of fused-ring (bicyclic) bond motifs is 3. The van der Waals surface area contributed by atoms with Crippen LogP contribution in [0.4, 0.5) is 0 Å². The lowest BCUT2D eigenvalue weighted by atomic mass is 9.85. The first-order chi connectivity index (χ1) is 32.0. The van der Waals surface area contributed by atoms with Gasteiger partial charge in [-0.05, 0) is 74.8 Å². The van der Waals surface area contributed by atoms with E-state index in [-0.39, 0.29) is 44.4 Å². The van der Waals surface area contributed by atoms with Gasteiger partial charge in [0.25, 0.3) is 0 Å². The van der Waals surface area contributed by atoms with Crippen LogP contribution >= 0.6 is 34.3 Å². The van der Waals surface area contributed by atoms with E-state index in [0.717, 1.165) is 74.2 Å². The molecule has 15 nitrogen and oxygen atoms in total. The number of thiophene rings is 1. The fraction of sp³-hybridized carbons (Fsp3) is 0.469. The number of unbranched alkanes of at least 4 members (excludes halogenated alkanes) is 3. The van der Waals surface area contributed by atoms with E-state index in [4.69, 9.17) is 21.3 Å². The maximum absolute atomic E-state index is 14.0. The number of hydrogen-bond donors (Lipinski definition) is 4. The maximum atomic E-state index is 14.0. The molecule has 2 aromatic carbocycles. The Morgan fingerprint density at radius 1 is 0.925 bits per heavy atom. The summed E-state index contributed by atoms with van der Waals surface area (Å²) in [6, 6.07) is 13.1. The minimum atomic E-state index is -0.952. The molecule has 4 atom stereocenters. The molecule has 4 N–H and O–H groups in total. The van der Waals surface area contributed by atoms with Gasteiger partial charge in [0.15, 0.2) is 5.82 Å². The molecule has 7 rings (SSSR count). The predicted molar refractivity (Wildman–Crippen MR) is 262 cm³/mol. The van der Waals surface area contributed by atoms with E-state index in [1.54, 1.807) is 22.7 Å². The van der Waals surface area contributed by atoms with Gasteiger partial charge < -0.3 is 30.7 Å². The topological polar surface area (TPSA) is 193 Å². The summed E-state index contributed by atoms with van der Waals surface area (Å²) in [7, 11) is 0. The van der Waals surface area contributed by atoms with Gasteiger partial charge in [-0.3, -0.25) is 28.7 Å². The molecule has 2 aliphatic rings. The number of thiazole rings is 1. The number of aliphatic imine (C=N–C) groups is 1. The molecule has 2 unspecified atom stereocenters. The summed E-state index contributed by atoms with van der Waals surface area (Å²) in [5.74, 6) is -0.00617. The number of nitrogens with zero attached hydrogens (tertiary/aromatic N) is 6. The molecule has 1 saturated heterocycles. The van der Waals surface area contributed by atoms with Crippen LogP contribution in [-0.4, -0.2) is 104 Å². The van der Waals surface area contributed by atoms with E-state index in [0.29, 0.717) is 30.4 Å². The largest absolute Gasteiger partial charge is 0.391 e. The van der Waals surface area contributed by atoms with Crippen molar-refractivity contribution in [1.29, 1.82) is 0 Å². The molecular weight excluding hydrogens is 910 g/mol. The molecule has 67 heavy (non-hydrogen) atoms. The standard InChI is InChI=1S/C49H60ClN9O6S2/c1-28-30(3)67-48-41(28)42(33-16-18-35(50)19-17-33)54-37(45-57-56-31(4)59(45)48)23-39(61)51-20-10-8-9-11-21-65-26-40(62)55-44(49(5,6)7)47(64)58-25-36(60)22-38(58)46(63)52-24-32-12-14-34(15-13-32)43-29(2)53-27-66-43/h12-19,27,36-38,44,60H,8-11,20-26H2,1-7H3,(H,51,61)(H,52,63)(H,55,62)/t36?,37?,38-,44+/m0/s1. The van der Waals surface area contributed by atoms with Gasteiger partial charge in [-0.25, -0.2) is 4.98 Å². The van der Waals surface area contributed by atoms with Crippen molar-refractivity contribution >= 4 is 63.6 Å². The summed E-state index contributed by atoms with van der Waals surface area (Å²) in [5.41, 5.74) is 7.88. The second-order valence-corrected chi connectivity index (χ2v) is 20.9. The van der Waals surface area contributed by atoms with Crippen LogP contribution < -0.4 is 16.0 Å². The summed E-state index contributed by atoms with van der Waals surface area (Å²) in [5, 5.41) is 29.9. The van der Waals surface area contributed by atoms with Crippen LogP contribution in [0.25, 0.3) is 15.4 Å². The molecule has 2 aliphatic heterocycles. The van der Waals surface area contributed by atoms with Crippen LogP contribution in [0.1, 0.15) is 110 Å². The van der Waals surface area contributed by atoms with Gasteiger partial charge in [0.1, 0.15) is 35.6 Å². The lowest BCUT2D eigenvalue weighted by Crippen LogP contribution is -2.58. The second-order valence-electron chi connectivity index (χ2n) is 18.4. The third-order valence-electron chi connectivity index (χ3n) is 12.2. The molecule has 0 bridgehead atoms. The van der Waals surface area contributed by atoms with Crippen LogP contribution in [0.5, 0.6) is 0 Å². The first-order valence-electron chi connectivity index (χ1n) is 22.8. The number of hydrogen-bond acceptors (Lipinski definition) is 12. The number of carbonyl (C=O) groups is 4. The fourth-order valence-corrected chi connectivity index (χ4v) is 10.6. The number of rotatable bonds is 18. The van der Waals surface area contributed by atoms with Crippen molar-refractivity contribution in [2.24, 2.45) is 10.4 Å². The van der Waals surface area contributed by atoms with Crippen molar-refractivity contribution in [3.05, 3.63) is 104 Å². The Balaban J connectivity index is 0.832. The second kappa shape index (κ2) is 21.7. The van der Waals surface area contributed by atoms with Gasteiger partial charge in [-0.15, -0.1) is 32.9 Å². The van der Waals surface area contributed by atoms with E-state index in [1.807, 2.05) is 93.2 Å². The summed E-state index contributed by atoms with van der Waals surface area (Å²) in [4.78, 5) is 67.1. The van der Waals surface area contributed by atoms with Crippen molar-refractivity contribution < 1.29 is 29.0 Å². The average Bonchev–Trinajstić information content (AvgIpc) is 4.06. The molecule has 0 aliphatic carbocycles. The summed E-state index contributed by atoms with van der Waals surface area (Å²) >= 11 is 9.48. The first-order valence-corrected chi connectivity index (χ1v) is 24.8. The third-order valence-corrected chi connectivity index (χ3v) is 14.6. The number of carbonyl (C=O) groups excluding carboxylic acids is 4. The van der Waals surface area contributed by atoms with E-state index in [2.05, 4.69) is 45.0 Å². The van der Waals surface area contributed by atoms with E-state index >= 15 is 0 Å². The Morgan fingerprint density at radius 3 is 2.34 bits per heavy atom. The number of aryl methyl sites for hydroxylation is 3. The smallest absolute Gasteiger partial charge is 0.246 e. The maximum Gasteiger partial charge on any atom is 0.246 e. The highest BCUT2D eigenvalue weighted by atomic mass is 35.5. The van der Waals surface area contributed by atoms with Gasteiger partial charge in [0.05, 0.1) is 34.3 Å². The molecule has 356 valence electrons. The monoisotopic (exact) mass is 969 g/mol. The zero-order valence-corrected chi connectivity index (χ0v) is 41.5. The Bertz CT molecular complexity index is 2600. The van der Waals surface area contributed by atoms with Crippen molar-refractivity contribution in [2.45, 2.75) is 118 Å². The summed E-state index contributed by atoms with van der Waals surface area (Å²) in [6.07, 6.45) is 2.50. The molecule has 0 spiro atoms. The number of likely N-dealkylation sites (tertiary alicyclic amines) is 1. The quantitative estimate of drug-likeness (QED) is 0.0662. The molecule has 0 saturated carbocycles. The summed E-state index contributed by atoms with van der Waals surface area (Å²) in [6.45, 7) is 14.5. The van der Waals surface area contributed by atoms with Gasteiger partial charge in [-0.2, -0.15) is 0 Å². The van der Waals surface area contributed by atoms with E-state index < -0.39 is 41.5 Å². The third kappa shape index (κ3) is 11.9. The zero-order chi connectivity index (χ0) is 48.0. The van der Waals surface area contributed by atoms with Gasteiger partial charge >= 0.3 is 0 Å². The Labute approximate surface area is 404 Å². The van der Waals surface area contributed by atoms with Gasteiger partial charge in [0.2, 0.25) is 23.6 Å². The van der Waals surface area contributed by atoms with Gasteiger partial charge in [-0.1, -0.05) is 81.6 Å². The number of ether oxygens (including phenoxy) is 1. The van der Waals surface area contributed by atoms with Crippen molar-refractivity contribution in [3.8, 4) is 15.4 Å². The first kappa shape index (κ1) is 49.6. The molecule has 4 amide bonds. The van der Waals surface area contributed by atoms with Gasteiger partial charge in [0, 0.05) is 53.7 Å². The predicted octanol–water partition coefficient (Wildman–Crippen LogP) is 7.12. The van der Waals surface area contributed by atoms with Crippen LogP contribution in [0.15, 0.2) is 59.0 Å². The lowest BCUT2D eigenvalue weighted by Gasteiger charge is -2.35. The highest BCUT2D eigenvalue weighted by Gasteiger charge is 2.44. The van der Waals surface area contributed by atoms with Crippen LogP contribution in [0, 0.1) is 33.1 Å².